The first-order valence-electron chi connectivity index (χ1n) is 24.0. The van der Waals surface area contributed by atoms with Crippen LogP contribution in [0.25, 0.3) is 138 Å². The minimum Gasteiger partial charge on any atom is -0.456 e. The third-order valence-electron chi connectivity index (χ3n) is 14.6. The van der Waals surface area contributed by atoms with E-state index in [9.17, 15) is 0 Å². The Hall–Kier alpha value is -9.38. The standard InChI is InChI=1S/C66H41N3O/c1-7-25-59-51(19-1)52-20-2-8-26-60(52)67(59)48-32-34-66-58(41-48)57-39-46(31-33-65(57)70-66)44-17-13-15-42(35-44)43-16-14-18-45(36-43)47-37-49(68-61-27-9-3-21-53(61)54-22-4-10-28-62(54)68)40-50(38-47)69-63-29-11-5-23-55(63)56-24-6-12-30-64(56)69/h1-41H. The topological polar surface area (TPSA) is 27.9 Å². The molecule has 0 N–H and O–H groups in total. The first-order valence-corrected chi connectivity index (χ1v) is 24.0. The maximum absolute atomic E-state index is 6.47. The Morgan fingerprint density at radius 3 is 0.943 bits per heavy atom. The van der Waals surface area contributed by atoms with Crippen LogP contribution >= 0.6 is 0 Å². The summed E-state index contributed by atoms with van der Waals surface area (Å²) in [6.07, 6.45) is 0. The summed E-state index contributed by atoms with van der Waals surface area (Å²) in [7, 11) is 0. The fourth-order valence-corrected chi connectivity index (χ4v) is 11.5. The summed E-state index contributed by atoms with van der Waals surface area (Å²) in [5.74, 6) is 0. The molecule has 0 bridgehead atoms. The smallest absolute Gasteiger partial charge is 0.135 e. The molecule has 0 fully saturated rings. The van der Waals surface area contributed by atoms with Gasteiger partial charge in [-0.3, -0.25) is 0 Å². The number of fused-ring (bicyclic) bond motifs is 12. The molecule has 0 spiro atoms. The molecule has 11 aromatic carbocycles. The lowest BCUT2D eigenvalue weighted by molar-refractivity contribution is 0.669. The molecule has 4 aromatic heterocycles. The van der Waals surface area contributed by atoms with Gasteiger partial charge in [0.15, 0.2) is 0 Å². The summed E-state index contributed by atoms with van der Waals surface area (Å²) in [5.41, 5.74) is 19.1. The van der Waals surface area contributed by atoms with E-state index in [0.717, 1.165) is 72.4 Å². The molecule has 0 unspecified atom stereocenters. The van der Waals surface area contributed by atoms with Crippen LogP contribution < -0.4 is 0 Å². The van der Waals surface area contributed by atoms with Gasteiger partial charge in [-0.1, -0.05) is 152 Å². The van der Waals surface area contributed by atoms with Crippen molar-refractivity contribution in [3.63, 3.8) is 0 Å². The lowest BCUT2D eigenvalue weighted by Crippen LogP contribution is -2.00. The highest BCUT2D eigenvalue weighted by Gasteiger charge is 2.19. The second-order valence-corrected chi connectivity index (χ2v) is 18.5. The fourth-order valence-electron chi connectivity index (χ4n) is 11.5. The molecule has 15 aromatic rings. The molecular formula is C66H41N3O. The van der Waals surface area contributed by atoms with E-state index in [-0.39, 0.29) is 0 Å². The predicted molar refractivity (Wildman–Crippen MR) is 293 cm³/mol. The van der Waals surface area contributed by atoms with Gasteiger partial charge in [-0.15, -0.1) is 0 Å². The van der Waals surface area contributed by atoms with Crippen LogP contribution in [0.2, 0.25) is 0 Å². The molecule has 0 atom stereocenters. The molecule has 0 aliphatic carbocycles. The van der Waals surface area contributed by atoms with E-state index in [1.54, 1.807) is 0 Å². The number of aromatic nitrogens is 3. The van der Waals surface area contributed by atoms with Gasteiger partial charge in [-0.05, 0) is 130 Å². The first kappa shape index (κ1) is 38.7. The van der Waals surface area contributed by atoms with E-state index >= 15 is 0 Å². The maximum atomic E-state index is 6.47. The molecule has 0 aliphatic heterocycles. The van der Waals surface area contributed by atoms with E-state index in [1.165, 1.54) is 65.4 Å². The third kappa shape index (κ3) is 5.84. The quantitative estimate of drug-likeness (QED) is 0.163. The van der Waals surface area contributed by atoms with Gasteiger partial charge in [0, 0.05) is 60.2 Å². The van der Waals surface area contributed by atoms with Crippen molar-refractivity contribution >= 4 is 87.4 Å². The summed E-state index contributed by atoms with van der Waals surface area (Å²) >= 11 is 0. The van der Waals surface area contributed by atoms with Gasteiger partial charge in [0.1, 0.15) is 11.2 Å². The monoisotopic (exact) mass is 891 g/mol. The first-order chi connectivity index (χ1) is 34.7. The molecule has 4 nitrogen and oxygen atoms in total. The average molecular weight is 892 g/mol. The van der Waals surface area contributed by atoms with E-state index in [4.69, 9.17) is 4.42 Å². The number of benzene rings is 11. The Morgan fingerprint density at radius 1 is 0.200 bits per heavy atom. The Bertz CT molecular complexity index is 4320. The van der Waals surface area contributed by atoms with Gasteiger partial charge in [0.05, 0.1) is 33.1 Å². The molecule has 4 heteroatoms. The Kier molecular flexibility index (Phi) is 8.33. The second-order valence-electron chi connectivity index (χ2n) is 18.5. The van der Waals surface area contributed by atoms with E-state index in [1.807, 2.05) is 0 Å². The summed E-state index contributed by atoms with van der Waals surface area (Å²) in [6, 6.07) is 90.6. The highest BCUT2D eigenvalue weighted by molar-refractivity contribution is 6.13. The van der Waals surface area contributed by atoms with Crippen molar-refractivity contribution in [1.82, 2.24) is 13.7 Å². The largest absolute Gasteiger partial charge is 0.456 e. The van der Waals surface area contributed by atoms with Crippen molar-refractivity contribution in [3.05, 3.63) is 249 Å². The van der Waals surface area contributed by atoms with Gasteiger partial charge in [0.25, 0.3) is 0 Å². The van der Waals surface area contributed by atoms with Crippen LogP contribution in [0.3, 0.4) is 0 Å². The molecule has 4 heterocycles. The van der Waals surface area contributed by atoms with Crippen LogP contribution in [0.4, 0.5) is 0 Å². The van der Waals surface area contributed by atoms with E-state index in [2.05, 4.69) is 262 Å². The van der Waals surface area contributed by atoms with Gasteiger partial charge < -0.3 is 18.1 Å². The van der Waals surface area contributed by atoms with Crippen LogP contribution in [-0.4, -0.2) is 13.7 Å². The zero-order valence-corrected chi connectivity index (χ0v) is 37.9. The van der Waals surface area contributed by atoms with Gasteiger partial charge in [-0.2, -0.15) is 0 Å². The molecule has 0 amide bonds. The van der Waals surface area contributed by atoms with Gasteiger partial charge >= 0.3 is 0 Å². The lowest BCUT2D eigenvalue weighted by Gasteiger charge is -2.16. The molecule has 0 aliphatic rings. The van der Waals surface area contributed by atoms with Crippen molar-refractivity contribution < 1.29 is 4.42 Å². The summed E-state index contributed by atoms with van der Waals surface area (Å²) in [4.78, 5) is 0. The maximum Gasteiger partial charge on any atom is 0.135 e. The normalized spacial score (nSPS) is 12.0. The fraction of sp³-hybridized carbons (Fsp3) is 0. The van der Waals surface area contributed by atoms with Crippen molar-refractivity contribution in [3.8, 4) is 50.4 Å². The van der Waals surface area contributed by atoms with Crippen molar-refractivity contribution in [2.45, 2.75) is 0 Å². The third-order valence-corrected chi connectivity index (χ3v) is 14.6. The predicted octanol–water partition coefficient (Wildman–Crippen LogP) is 17.9. The molecule has 70 heavy (non-hydrogen) atoms. The van der Waals surface area contributed by atoms with Crippen LogP contribution in [0.15, 0.2) is 253 Å². The summed E-state index contributed by atoms with van der Waals surface area (Å²) < 4.78 is 13.7. The average Bonchev–Trinajstić information content (AvgIpc) is 4.17. The zero-order valence-electron chi connectivity index (χ0n) is 37.9. The number of furan rings is 1. The van der Waals surface area contributed by atoms with Crippen molar-refractivity contribution in [1.29, 1.82) is 0 Å². The second kappa shape index (κ2) is 15.1. The lowest BCUT2D eigenvalue weighted by atomic mass is 9.95. The van der Waals surface area contributed by atoms with E-state index in [0.29, 0.717) is 0 Å². The summed E-state index contributed by atoms with van der Waals surface area (Å²) in [6.45, 7) is 0. The molecule has 15 rings (SSSR count). The minimum absolute atomic E-state index is 0.880. The van der Waals surface area contributed by atoms with Gasteiger partial charge in [0.2, 0.25) is 0 Å². The van der Waals surface area contributed by atoms with Crippen LogP contribution in [0.1, 0.15) is 0 Å². The van der Waals surface area contributed by atoms with Crippen LogP contribution in [0, 0.1) is 0 Å². The Balaban J connectivity index is 0.861. The molecule has 326 valence electrons. The van der Waals surface area contributed by atoms with Crippen molar-refractivity contribution in [2.24, 2.45) is 0 Å². The minimum atomic E-state index is 0.880. The SMILES string of the molecule is c1cc(-c2cccc(-c3ccc4oc5ccc(-n6c7ccccc7c7ccccc76)cc5c4c3)c2)cc(-c2cc(-n3c4ccccc4c4ccccc43)cc(-n3c4ccccc4c4ccccc43)c2)c1. The Labute approximate surface area is 402 Å². The Morgan fingerprint density at radius 2 is 0.529 bits per heavy atom. The van der Waals surface area contributed by atoms with Crippen molar-refractivity contribution in [2.75, 3.05) is 0 Å². The van der Waals surface area contributed by atoms with Gasteiger partial charge in [-0.25, -0.2) is 0 Å². The zero-order chi connectivity index (χ0) is 45.9. The molecule has 0 saturated heterocycles. The van der Waals surface area contributed by atoms with E-state index < -0.39 is 0 Å². The molecule has 0 saturated carbocycles. The highest BCUT2D eigenvalue weighted by atomic mass is 16.3. The van der Waals surface area contributed by atoms with Crippen LogP contribution in [0.5, 0.6) is 0 Å². The highest BCUT2D eigenvalue weighted by Crippen LogP contribution is 2.41. The number of hydrogen-bond acceptors (Lipinski definition) is 1. The molecular weight excluding hydrogens is 851 g/mol. The number of hydrogen-bond donors (Lipinski definition) is 0. The summed E-state index contributed by atoms with van der Waals surface area (Å²) in [5, 5.41) is 9.68. The molecule has 0 radical (unpaired) electrons. The van der Waals surface area contributed by atoms with Crippen LogP contribution in [-0.2, 0) is 0 Å². The number of rotatable bonds is 6. The number of para-hydroxylation sites is 6. The number of nitrogens with zero attached hydrogens (tertiary/aromatic N) is 3.